The van der Waals surface area contributed by atoms with E-state index in [1.54, 1.807) is 0 Å². The zero-order valence-electron chi connectivity index (χ0n) is 13.7. The maximum absolute atomic E-state index is 6.02. The fourth-order valence-electron chi connectivity index (χ4n) is 3.47. The number of nitrogen functional groups attached to an aromatic ring is 1. The molecule has 0 amide bonds. The van der Waals surface area contributed by atoms with E-state index < -0.39 is 5.41 Å². The molecular formula is C22H18N2S. The smallest absolute Gasteiger partial charge is 0.180 e. The second kappa shape index (κ2) is 6.54. The first kappa shape index (κ1) is 15.6. The van der Waals surface area contributed by atoms with Crippen molar-refractivity contribution in [2.75, 3.05) is 5.73 Å². The van der Waals surface area contributed by atoms with Crippen molar-refractivity contribution in [3.05, 3.63) is 119 Å². The van der Waals surface area contributed by atoms with Gasteiger partial charge in [-0.1, -0.05) is 91.0 Å². The van der Waals surface area contributed by atoms with Crippen LogP contribution in [-0.2, 0) is 5.41 Å². The highest BCUT2D eigenvalue weighted by molar-refractivity contribution is 7.13. The van der Waals surface area contributed by atoms with Crippen LogP contribution in [-0.4, -0.2) is 4.98 Å². The van der Waals surface area contributed by atoms with E-state index in [9.17, 15) is 0 Å². The molecule has 25 heavy (non-hydrogen) atoms. The van der Waals surface area contributed by atoms with Crippen molar-refractivity contribution in [3.8, 4) is 0 Å². The quantitative estimate of drug-likeness (QED) is 0.524. The summed E-state index contributed by atoms with van der Waals surface area (Å²) in [4.78, 5) is 4.71. The number of thiazole rings is 1. The van der Waals surface area contributed by atoms with Crippen LogP contribution in [0, 0.1) is 0 Å². The van der Waals surface area contributed by atoms with E-state index in [2.05, 4.69) is 78.2 Å². The minimum atomic E-state index is -0.488. The Kier molecular flexibility index (Phi) is 4.08. The van der Waals surface area contributed by atoms with Gasteiger partial charge in [-0.25, -0.2) is 4.98 Å². The van der Waals surface area contributed by atoms with Gasteiger partial charge in [-0.05, 0) is 16.7 Å². The number of hydrogen-bond donors (Lipinski definition) is 1. The molecule has 0 aliphatic rings. The standard InChI is InChI=1S/C22H18N2S/c23-21-24-20(16-25-21)22(17-10-4-1-5-11-17,18-12-6-2-7-13-18)19-14-8-3-9-15-19/h1-16H,(H2,23,24). The minimum Gasteiger partial charge on any atom is -0.375 e. The molecule has 4 rings (SSSR count). The Morgan fingerprint density at radius 3 is 1.36 bits per heavy atom. The molecule has 0 unspecified atom stereocenters. The van der Waals surface area contributed by atoms with Gasteiger partial charge in [0.2, 0.25) is 0 Å². The molecule has 0 aliphatic carbocycles. The Balaban J connectivity index is 2.12. The number of anilines is 1. The molecule has 122 valence electrons. The van der Waals surface area contributed by atoms with Gasteiger partial charge in [0.15, 0.2) is 5.13 Å². The fraction of sp³-hybridized carbons (Fsp3) is 0.0455. The summed E-state index contributed by atoms with van der Waals surface area (Å²) in [7, 11) is 0. The average Bonchev–Trinajstić information content (AvgIpc) is 3.12. The zero-order valence-corrected chi connectivity index (χ0v) is 14.5. The van der Waals surface area contributed by atoms with Crippen LogP contribution in [0.4, 0.5) is 5.13 Å². The largest absolute Gasteiger partial charge is 0.375 e. The number of hydrogen-bond acceptors (Lipinski definition) is 3. The van der Waals surface area contributed by atoms with Crippen molar-refractivity contribution in [2.45, 2.75) is 5.41 Å². The van der Waals surface area contributed by atoms with E-state index in [0.29, 0.717) is 5.13 Å². The van der Waals surface area contributed by atoms with Gasteiger partial charge in [-0.15, -0.1) is 11.3 Å². The van der Waals surface area contributed by atoms with Gasteiger partial charge >= 0.3 is 0 Å². The molecule has 2 N–H and O–H groups in total. The van der Waals surface area contributed by atoms with E-state index in [-0.39, 0.29) is 0 Å². The third-order valence-corrected chi connectivity index (χ3v) is 5.20. The number of benzene rings is 3. The SMILES string of the molecule is Nc1nc(C(c2ccccc2)(c2ccccc2)c2ccccc2)cs1. The van der Waals surface area contributed by atoms with Gasteiger partial charge in [-0.2, -0.15) is 0 Å². The molecule has 3 heteroatoms. The third-order valence-electron chi connectivity index (χ3n) is 4.53. The van der Waals surface area contributed by atoms with Crippen molar-refractivity contribution >= 4 is 16.5 Å². The van der Waals surface area contributed by atoms with Crippen LogP contribution < -0.4 is 5.73 Å². The minimum absolute atomic E-state index is 0.488. The van der Waals surface area contributed by atoms with Gasteiger partial charge < -0.3 is 5.73 Å². The van der Waals surface area contributed by atoms with Crippen LogP contribution in [0.5, 0.6) is 0 Å². The number of aromatic nitrogens is 1. The van der Waals surface area contributed by atoms with Crippen molar-refractivity contribution < 1.29 is 0 Å². The zero-order chi connectivity index (χ0) is 17.1. The summed E-state index contributed by atoms with van der Waals surface area (Å²) in [5.74, 6) is 0. The summed E-state index contributed by atoms with van der Waals surface area (Å²) >= 11 is 1.48. The van der Waals surface area contributed by atoms with Crippen LogP contribution in [0.15, 0.2) is 96.4 Å². The first-order valence-electron chi connectivity index (χ1n) is 8.20. The maximum Gasteiger partial charge on any atom is 0.180 e. The molecule has 0 fully saturated rings. The fourth-order valence-corrected chi connectivity index (χ4v) is 4.08. The first-order chi connectivity index (χ1) is 12.3. The Morgan fingerprint density at radius 1 is 0.640 bits per heavy atom. The number of rotatable bonds is 4. The summed E-state index contributed by atoms with van der Waals surface area (Å²) in [6.45, 7) is 0. The van der Waals surface area contributed by atoms with Crippen LogP contribution in [0.25, 0.3) is 0 Å². The van der Waals surface area contributed by atoms with Crippen molar-refractivity contribution in [1.29, 1.82) is 0 Å². The monoisotopic (exact) mass is 342 g/mol. The Morgan fingerprint density at radius 2 is 1.04 bits per heavy atom. The Labute approximate surface area is 151 Å². The van der Waals surface area contributed by atoms with Gasteiger partial charge in [0.1, 0.15) is 0 Å². The van der Waals surface area contributed by atoms with Gasteiger partial charge in [-0.3, -0.25) is 0 Å². The summed E-state index contributed by atoms with van der Waals surface area (Å²) in [6.07, 6.45) is 0. The number of nitrogens with zero attached hydrogens (tertiary/aromatic N) is 1. The molecule has 0 spiro atoms. The van der Waals surface area contributed by atoms with E-state index in [0.717, 1.165) is 5.69 Å². The molecule has 3 aromatic carbocycles. The predicted molar refractivity (Wildman–Crippen MR) is 105 cm³/mol. The summed E-state index contributed by atoms with van der Waals surface area (Å²) in [5, 5.41) is 2.66. The van der Waals surface area contributed by atoms with Crippen molar-refractivity contribution in [2.24, 2.45) is 0 Å². The molecule has 4 aromatic rings. The lowest BCUT2D eigenvalue weighted by atomic mass is 9.67. The van der Waals surface area contributed by atoms with Gasteiger partial charge in [0.25, 0.3) is 0 Å². The Hall–Kier alpha value is -2.91. The van der Waals surface area contributed by atoms with E-state index >= 15 is 0 Å². The van der Waals surface area contributed by atoms with Crippen LogP contribution in [0.2, 0.25) is 0 Å². The van der Waals surface area contributed by atoms with E-state index in [1.807, 2.05) is 18.2 Å². The lowest BCUT2D eigenvalue weighted by Crippen LogP contribution is -2.31. The molecule has 1 aromatic heterocycles. The Bertz CT molecular complexity index is 850. The molecule has 0 atom stereocenters. The maximum atomic E-state index is 6.02. The van der Waals surface area contributed by atoms with Gasteiger partial charge in [0, 0.05) is 5.38 Å². The molecule has 1 heterocycles. The van der Waals surface area contributed by atoms with Crippen LogP contribution >= 0.6 is 11.3 Å². The van der Waals surface area contributed by atoms with Crippen LogP contribution in [0.1, 0.15) is 22.4 Å². The summed E-state index contributed by atoms with van der Waals surface area (Å²) in [6, 6.07) is 31.5. The molecule has 0 bridgehead atoms. The summed E-state index contributed by atoms with van der Waals surface area (Å²) < 4.78 is 0. The lowest BCUT2D eigenvalue weighted by molar-refractivity contribution is 0.722. The molecule has 0 saturated carbocycles. The third kappa shape index (κ3) is 2.63. The molecule has 2 nitrogen and oxygen atoms in total. The molecule has 0 aliphatic heterocycles. The molecular weight excluding hydrogens is 324 g/mol. The average molecular weight is 342 g/mol. The van der Waals surface area contributed by atoms with Crippen molar-refractivity contribution in [3.63, 3.8) is 0 Å². The van der Waals surface area contributed by atoms with E-state index in [4.69, 9.17) is 10.7 Å². The van der Waals surface area contributed by atoms with E-state index in [1.165, 1.54) is 28.0 Å². The topological polar surface area (TPSA) is 38.9 Å². The summed E-state index contributed by atoms with van der Waals surface area (Å²) in [5.41, 5.74) is 10.0. The first-order valence-corrected chi connectivity index (χ1v) is 9.08. The molecule has 0 saturated heterocycles. The normalized spacial score (nSPS) is 11.4. The highest BCUT2D eigenvalue weighted by Crippen LogP contribution is 2.45. The number of nitrogens with two attached hydrogens (primary N) is 1. The highest BCUT2D eigenvalue weighted by Gasteiger charge is 2.40. The van der Waals surface area contributed by atoms with Crippen molar-refractivity contribution in [1.82, 2.24) is 4.98 Å². The second-order valence-electron chi connectivity index (χ2n) is 5.92. The predicted octanol–water partition coefficient (Wildman–Crippen LogP) is 5.11. The second-order valence-corrected chi connectivity index (χ2v) is 6.81. The van der Waals surface area contributed by atoms with Crippen LogP contribution in [0.3, 0.4) is 0 Å². The van der Waals surface area contributed by atoms with Gasteiger partial charge in [0.05, 0.1) is 11.1 Å². The lowest BCUT2D eigenvalue weighted by Gasteiger charge is -2.34. The molecule has 0 radical (unpaired) electrons. The highest BCUT2D eigenvalue weighted by atomic mass is 32.1.